The number of nitrogens with one attached hydrogen (secondary N) is 1. The van der Waals surface area contributed by atoms with E-state index in [9.17, 15) is 9.59 Å². The van der Waals surface area contributed by atoms with Gasteiger partial charge in [0.25, 0.3) is 0 Å². The first-order chi connectivity index (χ1) is 9.81. The number of rotatable bonds is 6. The molecule has 0 fully saturated rings. The van der Waals surface area contributed by atoms with Crippen LogP contribution in [0.5, 0.6) is 0 Å². The average molecular weight is 292 g/mol. The van der Waals surface area contributed by atoms with Crippen LogP contribution in [0.25, 0.3) is 0 Å². The molecule has 0 unspecified atom stereocenters. The van der Waals surface area contributed by atoms with Gasteiger partial charge >= 0.3 is 12.0 Å². The van der Waals surface area contributed by atoms with Gasteiger partial charge in [0, 0.05) is 12.6 Å². The van der Waals surface area contributed by atoms with Crippen molar-refractivity contribution in [3.05, 3.63) is 35.4 Å². The summed E-state index contributed by atoms with van der Waals surface area (Å²) in [6.45, 7) is 7.85. The number of carbonyl (C=O) groups is 2. The van der Waals surface area contributed by atoms with Crippen molar-refractivity contribution in [3.8, 4) is 0 Å². The molecule has 1 aromatic carbocycles. The first-order valence-corrected chi connectivity index (χ1v) is 7.14. The molecule has 0 bridgehead atoms. The molecule has 0 aliphatic rings. The van der Waals surface area contributed by atoms with E-state index in [4.69, 9.17) is 5.11 Å². The third-order valence-electron chi connectivity index (χ3n) is 3.36. The fourth-order valence-electron chi connectivity index (χ4n) is 2.07. The van der Waals surface area contributed by atoms with Crippen LogP contribution in [0, 0.1) is 6.92 Å². The summed E-state index contributed by atoms with van der Waals surface area (Å²) in [5.74, 6) is -0.835. The third-order valence-corrected chi connectivity index (χ3v) is 3.36. The Morgan fingerprint density at radius 1 is 1.29 bits per heavy atom. The van der Waals surface area contributed by atoms with Crippen LogP contribution in [0.4, 0.5) is 4.79 Å². The second kappa shape index (κ2) is 7.67. The van der Waals surface area contributed by atoms with Crippen LogP contribution in [-0.2, 0) is 4.79 Å². The van der Waals surface area contributed by atoms with Gasteiger partial charge in [0.1, 0.15) is 6.54 Å². The Bertz CT molecular complexity index is 500. The van der Waals surface area contributed by atoms with E-state index in [1.54, 1.807) is 13.8 Å². The highest BCUT2D eigenvalue weighted by molar-refractivity contribution is 5.80. The molecule has 1 aromatic rings. The van der Waals surface area contributed by atoms with E-state index >= 15 is 0 Å². The molecule has 21 heavy (non-hydrogen) atoms. The van der Waals surface area contributed by atoms with Crippen LogP contribution >= 0.6 is 0 Å². The molecule has 116 valence electrons. The average Bonchev–Trinajstić information content (AvgIpc) is 2.41. The molecule has 1 atom stereocenters. The minimum atomic E-state index is -1.01. The highest BCUT2D eigenvalue weighted by Crippen LogP contribution is 2.15. The smallest absolute Gasteiger partial charge is 0.323 e. The highest BCUT2D eigenvalue weighted by atomic mass is 16.4. The van der Waals surface area contributed by atoms with E-state index in [0.29, 0.717) is 6.54 Å². The van der Waals surface area contributed by atoms with Crippen molar-refractivity contribution in [2.24, 2.45) is 0 Å². The summed E-state index contributed by atoms with van der Waals surface area (Å²) in [7, 11) is 0. The fourth-order valence-corrected chi connectivity index (χ4v) is 2.07. The zero-order valence-electron chi connectivity index (χ0n) is 13.1. The lowest BCUT2D eigenvalue weighted by Gasteiger charge is -2.26. The molecule has 5 nitrogen and oxygen atoms in total. The van der Waals surface area contributed by atoms with Gasteiger partial charge in [0.2, 0.25) is 0 Å². The topological polar surface area (TPSA) is 69.6 Å². The van der Waals surface area contributed by atoms with Crippen molar-refractivity contribution in [3.63, 3.8) is 0 Å². The number of carboxylic acids is 1. The van der Waals surface area contributed by atoms with E-state index in [-0.39, 0.29) is 24.5 Å². The maximum absolute atomic E-state index is 12.1. The number of nitrogens with zero attached hydrogens (tertiary/aromatic N) is 1. The van der Waals surface area contributed by atoms with Crippen molar-refractivity contribution < 1.29 is 14.7 Å². The Labute approximate surface area is 126 Å². The van der Waals surface area contributed by atoms with E-state index in [1.807, 2.05) is 32.0 Å². The van der Waals surface area contributed by atoms with Gasteiger partial charge in [0.15, 0.2) is 0 Å². The first-order valence-electron chi connectivity index (χ1n) is 7.14. The van der Waals surface area contributed by atoms with Crippen molar-refractivity contribution in [1.29, 1.82) is 0 Å². The minimum Gasteiger partial charge on any atom is -0.480 e. The second-order valence-corrected chi connectivity index (χ2v) is 5.62. The maximum Gasteiger partial charge on any atom is 0.323 e. The molecule has 5 heteroatoms. The number of aryl methyl sites for hydroxylation is 1. The van der Waals surface area contributed by atoms with Crippen LogP contribution in [-0.4, -0.2) is 41.1 Å². The molecule has 1 rings (SSSR count). The minimum absolute atomic E-state index is 0.157. The number of carboxylic acid groups (broad SMARTS) is 1. The first kappa shape index (κ1) is 17.0. The highest BCUT2D eigenvalue weighted by Gasteiger charge is 2.20. The molecular formula is C16H24N2O3. The molecule has 0 saturated heterocycles. The molecule has 2 N–H and O–H groups in total. The lowest BCUT2D eigenvalue weighted by molar-refractivity contribution is -0.138. The van der Waals surface area contributed by atoms with Crippen molar-refractivity contribution in [2.75, 3.05) is 13.1 Å². The molecule has 0 radical (unpaired) electrons. The summed E-state index contributed by atoms with van der Waals surface area (Å²) in [5.41, 5.74) is 2.34. The van der Waals surface area contributed by atoms with Crippen LogP contribution in [0.2, 0.25) is 0 Å². The standard InChI is InChI=1S/C16H24N2O3/c1-11(2)18(10-15(19)20)16(21)17-9-13(4)14-7-5-6-12(3)8-14/h5-8,11,13H,9-10H2,1-4H3,(H,17,21)(H,19,20)/t13-/m0/s1. The summed E-state index contributed by atoms with van der Waals surface area (Å²) in [6, 6.07) is 7.65. The van der Waals surface area contributed by atoms with Crippen LogP contribution in [0.1, 0.15) is 37.8 Å². The van der Waals surface area contributed by atoms with Crippen LogP contribution in [0.3, 0.4) is 0 Å². The SMILES string of the molecule is Cc1cccc([C@@H](C)CNC(=O)N(CC(=O)O)C(C)C)c1. The summed E-state index contributed by atoms with van der Waals surface area (Å²) in [6.07, 6.45) is 0. The molecule has 0 aliphatic heterocycles. The van der Waals surface area contributed by atoms with Gasteiger partial charge in [-0.1, -0.05) is 36.8 Å². The zero-order valence-corrected chi connectivity index (χ0v) is 13.1. The Hall–Kier alpha value is -2.04. The number of hydrogen-bond donors (Lipinski definition) is 2. The predicted octanol–water partition coefficient (Wildman–Crippen LogP) is 2.60. The largest absolute Gasteiger partial charge is 0.480 e. The Kier molecular flexibility index (Phi) is 6.21. The molecular weight excluding hydrogens is 268 g/mol. The molecule has 0 aromatic heterocycles. The fraction of sp³-hybridized carbons (Fsp3) is 0.500. The van der Waals surface area contributed by atoms with Gasteiger partial charge in [-0.2, -0.15) is 0 Å². The normalized spacial score (nSPS) is 12.0. The second-order valence-electron chi connectivity index (χ2n) is 5.62. The number of urea groups is 1. The zero-order chi connectivity index (χ0) is 16.0. The summed E-state index contributed by atoms with van der Waals surface area (Å²) in [4.78, 5) is 24.2. The Morgan fingerprint density at radius 2 is 1.95 bits per heavy atom. The lowest BCUT2D eigenvalue weighted by Crippen LogP contribution is -2.47. The van der Waals surface area contributed by atoms with E-state index < -0.39 is 5.97 Å². The van der Waals surface area contributed by atoms with Gasteiger partial charge < -0.3 is 15.3 Å². The van der Waals surface area contributed by atoms with E-state index in [1.165, 1.54) is 10.5 Å². The van der Waals surface area contributed by atoms with Crippen LogP contribution < -0.4 is 5.32 Å². The summed E-state index contributed by atoms with van der Waals surface area (Å²) >= 11 is 0. The maximum atomic E-state index is 12.1. The van der Waals surface area contributed by atoms with Crippen LogP contribution in [0.15, 0.2) is 24.3 Å². The Balaban J connectivity index is 2.60. The van der Waals surface area contributed by atoms with Gasteiger partial charge in [-0.3, -0.25) is 4.79 Å². The molecule has 0 saturated carbocycles. The summed E-state index contributed by atoms with van der Waals surface area (Å²) < 4.78 is 0. The van der Waals surface area contributed by atoms with Gasteiger partial charge in [0.05, 0.1) is 0 Å². The van der Waals surface area contributed by atoms with E-state index in [0.717, 1.165) is 5.56 Å². The number of carbonyl (C=O) groups excluding carboxylic acids is 1. The van der Waals surface area contributed by atoms with Crippen molar-refractivity contribution >= 4 is 12.0 Å². The number of hydrogen-bond acceptors (Lipinski definition) is 2. The van der Waals surface area contributed by atoms with Crippen molar-refractivity contribution in [1.82, 2.24) is 10.2 Å². The Morgan fingerprint density at radius 3 is 2.48 bits per heavy atom. The summed E-state index contributed by atoms with van der Waals surface area (Å²) in [5, 5.41) is 11.7. The number of benzene rings is 1. The number of aliphatic carboxylic acids is 1. The lowest BCUT2D eigenvalue weighted by atomic mass is 9.99. The van der Waals surface area contributed by atoms with Crippen molar-refractivity contribution in [2.45, 2.75) is 39.7 Å². The number of amides is 2. The quantitative estimate of drug-likeness (QED) is 0.846. The predicted molar refractivity (Wildman–Crippen MR) is 82.5 cm³/mol. The molecule has 0 heterocycles. The molecule has 2 amide bonds. The monoisotopic (exact) mass is 292 g/mol. The van der Waals surface area contributed by atoms with Gasteiger partial charge in [-0.15, -0.1) is 0 Å². The van der Waals surface area contributed by atoms with E-state index in [2.05, 4.69) is 11.4 Å². The van der Waals surface area contributed by atoms with Gasteiger partial charge in [-0.05, 0) is 32.3 Å². The molecule has 0 aliphatic carbocycles. The third kappa shape index (κ3) is 5.45. The van der Waals surface area contributed by atoms with Gasteiger partial charge in [-0.25, -0.2) is 4.79 Å². The molecule has 0 spiro atoms.